The third-order valence-electron chi connectivity index (χ3n) is 2.94. The van der Waals surface area contributed by atoms with E-state index in [0.29, 0.717) is 18.9 Å². The highest BCUT2D eigenvalue weighted by atomic mass is 19.4. The van der Waals surface area contributed by atoms with Crippen LogP contribution in [0, 0.1) is 11.3 Å². The number of carbonyl (C=O) groups excluding carboxylic acids is 1. The zero-order valence-corrected chi connectivity index (χ0v) is 9.71. The second kappa shape index (κ2) is 4.24. The molecule has 1 aromatic carbocycles. The lowest BCUT2D eigenvalue weighted by Crippen LogP contribution is -2.38. The summed E-state index contributed by atoms with van der Waals surface area (Å²) in [5, 5.41) is 10.8. The highest BCUT2D eigenvalue weighted by molar-refractivity contribution is 6.00. The second-order valence-corrected chi connectivity index (χ2v) is 4.48. The van der Waals surface area contributed by atoms with Gasteiger partial charge in [0, 0.05) is 0 Å². The fourth-order valence-corrected chi connectivity index (χ4v) is 1.57. The van der Waals surface area contributed by atoms with Crippen LogP contribution in [0.25, 0.3) is 0 Å². The van der Waals surface area contributed by atoms with Crippen LogP contribution >= 0.6 is 0 Å². The number of nitrogens with two attached hydrogens (primary N) is 1. The third kappa shape index (κ3) is 2.69. The molecule has 0 heterocycles. The molecule has 3 N–H and O–H groups in total. The Balaban J connectivity index is 2.34. The van der Waals surface area contributed by atoms with E-state index in [2.05, 4.69) is 5.32 Å². The van der Waals surface area contributed by atoms with Crippen LogP contribution in [0.15, 0.2) is 18.2 Å². The van der Waals surface area contributed by atoms with Gasteiger partial charge in [-0.15, -0.1) is 0 Å². The van der Waals surface area contributed by atoms with Gasteiger partial charge in [-0.2, -0.15) is 18.4 Å². The van der Waals surface area contributed by atoms with Crippen molar-refractivity contribution in [1.82, 2.24) is 0 Å². The first-order valence-corrected chi connectivity index (χ1v) is 5.48. The number of benzene rings is 1. The fourth-order valence-electron chi connectivity index (χ4n) is 1.57. The van der Waals surface area contributed by atoms with Crippen LogP contribution in [0.5, 0.6) is 0 Å². The lowest BCUT2D eigenvalue weighted by Gasteiger charge is -2.16. The minimum atomic E-state index is -4.65. The highest BCUT2D eigenvalue weighted by Gasteiger charge is 2.46. The van der Waals surface area contributed by atoms with Crippen molar-refractivity contribution in [3.05, 3.63) is 29.3 Å². The Labute approximate surface area is 107 Å². The topological polar surface area (TPSA) is 78.9 Å². The normalized spacial score (nSPS) is 16.6. The molecule has 1 aliphatic carbocycles. The molecule has 1 aromatic rings. The van der Waals surface area contributed by atoms with Crippen molar-refractivity contribution >= 4 is 11.6 Å². The Morgan fingerprint density at radius 2 is 2.05 bits per heavy atom. The Morgan fingerprint density at radius 3 is 2.53 bits per heavy atom. The van der Waals surface area contributed by atoms with E-state index < -0.39 is 23.2 Å². The molecular weight excluding hydrogens is 259 g/mol. The standard InChI is InChI=1S/C12H10F3N3O/c13-12(14,15)8-5-7(6-16)1-2-9(8)18-10(19)11(17)3-4-11/h1-2,5H,3-4,17H2,(H,18,19). The smallest absolute Gasteiger partial charge is 0.324 e. The van der Waals surface area contributed by atoms with E-state index >= 15 is 0 Å². The summed E-state index contributed by atoms with van der Waals surface area (Å²) in [6, 6.07) is 4.60. The lowest BCUT2D eigenvalue weighted by atomic mass is 10.1. The van der Waals surface area contributed by atoms with E-state index in [1.807, 2.05) is 0 Å². The van der Waals surface area contributed by atoms with Crippen molar-refractivity contribution in [1.29, 1.82) is 5.26 Å². The number of nitrogens with one attached hydrogen (secondary N) is 1. The molecule has 100 valence electrons. The van der Waals surface area contributed by atoms with E-state index in [-0.39, 0.29) is 11.3 Å². The minimum absolute atomic E-state index is 0.126. The fraction of sp³-hybridized carbons (Fsp3) is 0.333. The minimum Gasteiger partial charge on any atom is -0.324 e. The first-order valence-electron chi connectivity index (χ1n) is 5.48. The molecule has 1 amide bonds. The van der Waals surface area contributed by atoms with E-state index in [4.69, 9.17) is 11.0 Å². The van der Waals surface area contributed by atoms with E-state index in [1.54, 1.807) is 6.07 Å². The number of hydrogen-bond acceptors (Lipinski definition) is 3. The van der Waals surface area contributed by atoms with Gasteiger partial charge < -0.3 is 11.1 Å². The number of alkyl halides is 3. The predicted molar refractivity (Wildman–Crippen MR) is 60.9 cm³/mol. The molecule has 2 rings (SSSR count). The molecule has 0 saturated heterocycles. The molecule has 0 aliphatic heterocycles. The van der Waals surface area contributed by atoms with Crippen LogP contribution in [-0.4, -0.2) is 11.4 Å². The summed E-state index contributed by atoms with van der Waals surface area (Å²) in [7, 11) is 0. The van der Waals surface area contributed by atoms with Gasteiger partial charge >= 0.3 is 6.18 Å². The molecular formula is C12H10F3N3O. The summed E-state index contributed by atoms with van der Waals surface area (Å²) < 4.78 is 38.5. The molecule has 0 spiro atoms. The van der Waals surface area contributed by atoms with Crippen LogP contribution in [0.4, 0.5) is 18.9 Å². The van der Waals surface area contributed by atoms with Gasteiger partial charge in [0.2, 0.25) is 5.91 Å². The first kappa shape index (κ1) is 13.4. The monoisotopic (exact) mass is 269 g/mol. The van der Waals surface area contributed by atoms with Gasteiger partial charge in [-0.05, 0) is 31.0 Å². The van der Waals surface area contributed by atoms with E-state index in [0.717, 1.165) is 6.07 Å². The largest absolute Gasteiger partial charge is 0.418 e. The van der Waals surface area contributed by atoms with Crippen LogP contribution in [0.3, 0.4) is 0 Å². The van der Waals surface area contributed by atoms with Crippen LogP contribution in [0.1, 0.15) is 24.0 Å². The van der Waals surface area contributed by atoms with Crippen molar-refractivity contribution < 1.29 is 18.0 Å². The maximum absolute atomic E-state index is 12.8. The molecule has 1 saturated carbocycles. The third-order valence-corrected chi connectivity index (χ3v) is 2.94. The number of nitrogens with zero attached hydrogens (tertiary/aromatic N) is 1. The molecule has 1 fully saturated rings. The van der Waals surface area contributed by atoms with Gasteiger partial charge in [0.15, 0.2) is 0 Å². The highest BCUT2D eigenvalue weighted by Crippen LogP contribution is 2.38. The lowest BCUT2D eigenvalue weighted by molar-refractivity contribution is -0.137. The molecule has 0 bridgehead atoms. The quantitative estimate of drug-likeness (QED) is 0.861. The zero-order chi connectivity index (χ0) is 14.3. The number of hydrogen-bond donors (Lipinski definition) is 2. The Kier molecular flexibility index (Phi) is 2.98. The van der Waals surface area contributed by atoms with Crippen molar-refractivity contribution in [2.45, 2.75) is 24.6 Å². The number of carbonyl (C=O) groups is 1. The number of nitriles is 1. The summed E-state index contributed by atoms with van der Waals surface area (Å²) >= 11 is 0. The van der Waals surface area contributed by atoms with Crippen molar-refractivity contribution in [2.24, 2.45) is 5.73 Å². The Morgan fingerprint density at radius 1 is 1.42 bits per heavy atom. The Bertz CT molecular complexity index is 571. The molecule has 4 nitrogen and oxygen atoms in total. The maximum Gasteiger partial charge on any atom is 0.418 e. The molecule has 7 heteroatoms. The zero-order valence-electron chi connectivity index (χ0n) is 9.71. The molecule has 0 unspecified atom stereocenters. The summed E-state index contributed by atoms with van der Waals surface area (Å²) in [6.07, 6.45) is -3.74. The van der Waals surface area contributed by atoms with Crippen molar-refractivity contribution in [3.8, 4) is 6.07 Å². The number of amides is 1. The Hall–Kier alpha value is -2.07. The van der Waals surface area contributed by atoms with Gasteiger partial charge in [0.05, 0.1) is 28.4 Å². The molecule has 0 atom stereocenters. The van der Waals surface area contributed by atoms with Gasteiger partial charge in [-0.1, -0.05) is 0 Å². The molecule has 0 aromatic heterocycles. The van der Waals surface area contributed by atoms with Crippen LogP contribution < -0.4 is 11.1 Å². The SMILES string of the molecule is N#Cc1ccc(NC(=O)C2(N)CC2)c(C(F)(F)F)c1. The van der Waals surface area contributed by atoms with Crippen LogP contribution in [0.2, 0.25) is 0 Å². The summed E-state index contributed by atoms with van der Waals surface area (Å²) in [5.41, 5.74) is 2.99. The van der Waals surface area contributed by atoms with Crippen molar-refractivity contribution in [3.63, 3.8) is 0 Å². The molecule has 0 radical (unpaired) electrons. The van der Waals surface area contributed by atoms with Gasteiger partial charge in [0.1, 0.15) is 0 Å². The van der Waals surface area contributed by atoms with E-state index in [1.165, 1.54) is 6.07 Å². The van der Waals surface area contributed by atoms with Gasteiger partial charge in [-0.3, -0.25) is 4.79 Å². The first-order chi connectivity index (χ1) is 8.76. The second-order valence-electron chi connectivity index (χ2n) is 4.48. The van der Waals surface area contributed by atoms with Gasteiger partial charge in [0.25, 0.3) is 0 Å². The molecule has 19 heavy (non-hydrogen) atoms. The number of halogens is 3. The average molecular weight is 269 g/mol. The molecule has 1 aliphatic rings. The maximum atomic E-state index is 12.8. The predicted octanol–water partition coefficient (Wildman–Crippen LogP) is 2.01. The van der Waals surface area contributed by atoms with Crippen molar-refractivity contribution in [2.75, 3.05) is 5.32 Å². The van der Waals surface area contributed by atoms with Gasteiger partial charge in [-0.25, -0.2) is 0 Å². The number of anilines is 1. The summed E-state index contributed by atoms with van der Waals surface area (Å²) in [4.78, 5) is 11.7. The summed E-state index contributed by atoms with van der Waals surface area (Å²) in [5.74, 6) is -0.636. The van der Waals surface area contributed by atoms with E-state index in [9.17, 15) is 18.0 Å². The number of rotatable bonds is 2. The average Bonchev–Trinajstić information content (AvgIpc) is 3.08. The summed E-state index contributed by atoms with van der Waals surface area (Å²) in [6.45, 7) is 0. The van der Waals surface area contributed by atoms with Crippen LogP contribution in [-0.2, 0) is 11.0 Å².